The fraction of sp³-hybridized carbons (Fsp3) is 0.231. The summed E-state index contributed by atoms with van der Waals surface area (Å²) in [6.07, 6.45) is 0.378. The number of halogens is 2. The van der Waals surface area contributed by atoms with Crippen molar-refractivity contribution in [2.24, 2.45) is 0 Å². The Morgan fingerprint density at radius 3 is 2.30 bits per heavy atom. The maximum atomic E-state index is 13.4. The summed E-state index contributed by atoms with van der Waals surface area (Å²) < 4.78 is 5.70. The Bertz CT molecular complexity index is 1060. The third kappa shape index (κ3) is 7.52. The van der Waals surface area contributed by atoms with E-state index in [0.717, 1.165) is 11.1 Å². The molecule has 0 aliphatic rings. The van der Waals surface area contributed by atoms with Crippen LogP contribution < -0.4 is 10.1 Å². The lowest BCUT2D eigenvalue weighted by Gasteiger charge is -2.31. The standard InChI is InChI=1S/C26H26Cl2N2O3/c1-2-29-26(32)24(15-19-7-4-3-5-8-19)30(17-20-11-13-21(27)14-12-20)25(31)18-33-23-10-6-9-22(28)16-23/h3-14,16,24H,2,15,17-18H2,1H3,(H,29,32)/t24-/m0/s1. The lowest BCUT2D eigenvalue weighted by Crippen LogP contribution is -2.51. The first-order valence-electron chi connectivity index (χ1n) is 10.7. The Labute approximate surface area is 204 Å². The second-order valence-corrected chi connectivity index (χ2v) is 8.37. The number of amides is 2. The van der Waals surface area contributed by atoms with Crippen molar-refractivity contribution in [3.63, 3.8) is 0 Å². The number of nitrogens with zero attached hydrogens (tertiary/aromatic N) is 1. The molecule has 3 rings (SSSR count). The van der Waals surface area contributed by atoms with Crippen LogP contribution in [0.25, 0.3) is 0 Å². The summed E-state index contributed by atoms with van der Waals surface area (Å²) in [5, 5.41) is 3.98. The Balaban J connectivity index is 1.88. The molecule has 0 aliphatic carbocycles. The van der Waals surface area contributed by atoms with E-state index in [0.29, 0.717) is 28.8 Å². The minimum Gasteiger partial charge on any atom is -0.484 e. The molecule has 0 unspecified atom stereocenters. The van der Waals surface area contributed by atoms with Crippen LogP contribution in [0.5, 0.6) is 5.75 Å². The van der Waals surface area contributed by atoms with Crippen LogP contribution >= 0.6 is 23.2 Å². The van der Waals surface area contributed by atoms with Gasteiger partial charge in [0.1, 0.15) is 11.8 Å². The molecule has 33 heavy (non-hydrogen) atoms. The van der Waals surface area contributed by atoms with Gasteiger partial charge in [-0.15, -0.1) is 0 Å². The minimum atomic E-state index is -0.710. The number of hydrogen-bond donors (Lipinski definition) is 1. The summed E-state index contributed by atoms with van der Waals surface area (Å²) in [5.74, 6) is -0.0385. The van der Waals surface area contributed by atoms with Crippen LogP contribution in [0.4, 0.5) is 0 Å². The second kappa shape index (κ2) is 12.3. The molecule has 3 aromatic rings. The Morgan fingerprint density at radius 2 is 1.64 bits per heavy atom. The van der Waals surface area contributed by atoms with Crippen LogP contribution in [0.1, 0.15) is 18.1 Å². The molecule has 0 fully saturated rings. The first kappa shape index (κ1) is 24.6. The van der Waals surface area contributed by atoms with Gasteiger partial charge in [0.05, 0.1) is 0 Å². The largest absolute Gasteiger partial charge is 0.484 e. The molecule has 1 N–H and O–H groups in total. The molecule has 7 heteroatoms. The quantitative estimate of drug-likeness (QED) is 0.432. The van der Waals surface area contributed by atoms with Crippen LogP contribution in [-0.4, -0.2) is 35.9 Å². The predicted molar refractivity (Wildman–Crippen MR) is 132 cm³/mol. The van der Waals surface area contributed by atoms with Gasteiger partial charge in [0.2, 0.25) is 5.91 Å². The second-order valence-electron chi connectivity index (χ2n) is 7.49. The fourth-order valence-electron chi connectivity index (χ4n) is 3.42. The Hall–Kier alpha value is -3.02. The number of hydrogen-bond acceptors (Lipinski definition) is 3. The number of nitrogens with one attached hydrogen (secondary N) is 1. The van der Waals surface area contributed by atoms with Crippen LogP contribution in [0.2, 0.25) is 10.0 Å². The first-order valence-corrected chi connectivity index (χ1v) is 11.5. The van der Waals surface area contributed by atoms with Gasteiger partial charge >= 0.3 is 0 Å². The van der Waals surface area contributed by atoms with Crippen molar-refractivity contribution in [3.05, 3.63) is 100 Å². The van der Waals surface area contributed by atoms with E-state index in [9.17, 15) is 9.59 Å². The van der Waals surface area contributed by atoms with Gasteiger partial charge in [-0.05, 0) is 48.4 Å². The van der Waals surface area contributed by atoms with Gasteiger partial charge in [-0.1, -0.05) is 71.7 Å². The highest BCUT2D eigenvalue weighted by atomic mass is 35.5. The van der Waals surface area contributed by atoms with Crippen molar-refractivity contribution in [2.45, 2.75) is 25.9 Å². The lowest BCUT2D eigenvalue weighted by molar-refractivity contribution is -0.142. The van der Waals surface area contributed by atoms with Crippen molar-refractivity contribution < 1.29 is 14.3 Å². The molecule has 0 heterocycles. The molecule has 172 valence electrons. The summed E-state index contributed by atoms with van der Waals surface area (Å²) in [4.78, 5) is 28.0. The number of carbonyl (C=O) groups excluding carboxylic acids is 2. The number of rotatable bonds is 10. The number of benzene rings is 3. The minimum absolute atomic E-state index is 0.216. The molecule has 0 saturated heterocycles. The van der Waals surface area contributed by atoms with E-state index in [1.807, 2.05) is 49.4 Å². The molecule has 0 radical (unpaired) electrons. The fourth-order valence-corrected chi connectivity index (χ4v) is 3.72. The van der Waals surface area contributed by atoms with Gasteiger partial charge in [-0.3, -0.25) is 9.59 Å². The molecule has 3 aromatic carbocycles. The molecule has 0 aromatic heterocycles. The average molecular weight is 485 g/mol. The van der Waals surface area contributed by atoms with Crippen LogP contribution in [0, 0.1) is 0 Å². The predicted octanol–water partition coefficient (Wildman–Crippen LogP) is 5.15. The summed E-state index contributed by atoms with van der Waals surface area (Å²) in [7, 11) is 0. The third-order valence-corrected chi connectivity index (χ3v) is 5.53. The van der Waals surface area contributed by atoms with Gasteiger partial charge in [-0.2, -0.15) is 0 Å². The zero-order valence-electron chi connectivity index (χ0n) is 18.3. The van der Waals surface area contributed by atoms with Crippen molar-refractivity contribution in [2.75, 3.05) is 13.2 Å². The average Bonchev–Trinajstić information content (AvgIpc) is 2.82. The summed E-state index contributed by atoms with van der Waals surface area (Å²) in [5.41, 5.74) is 1.82. The van der Waals surface area contributed by atoms with Gasteiger partial charge in [0, 0.05) is 29.6 Å². The number of carbonyl (C=O) groups is 2. The van der Waals surface area contributed by atoms with E-state index in [1.165, 1.54) is 0 Å². The maximum Gasteiger partial charge on any atom is 0.261 e. The number of likely N-dealkylation sites (N-methyl/N-ethyl adjacent to an activating group) is 1. The first-order chi connectivity index (χ1) is 16.0. The Kier molecular flexibility index (Phi) is 9.16. The summed E-state index contributed by atoms with van der Waals surface area (Å²) in [6, 6.07) is 23.0. The molecule has 0 saturated carbocycles. The van der Waals surface area contributed by atoms with Crippen molar-refractivity contribution in [1.82, 2.24) is 10.2 Å². The van der Waals surface area contributed by atoms with Gasteiger partial charge in [-0.25, -0.2) is 0 Å². The van der Waals surface area contributed by atoms with Gasteiger partial charge in [0.15, 0.2) is 6.61 Å². The van der Waals surface area contributed by atoms with E-state index in [4.69, 9.17) is 27.9 Å². The van der Waals surface area contributed by atoms with E-state index in [-0.39, 0.29) is 25.0 Å². The molecule has 5 nitrogen and oxygen atoms in total. The molecular formula is C26H26Cl2N2O3. The van der Waals surface area contributed by atoms with Crippen LogP contribution in [0.3, 0.4) is 0 Å². The molecular weight excluding hydrogens is 459 g/mol. The maximum absolute atomic E-state index is 13.4. The molecule has 0 aliphatic heterocycles. The molecule has 0 spiro atoms. The van der Waals surface area contributed by atoms with Gasteiger partial charge < -0.3 is 15.0 Å². The zero-order chi connectivity index (χ0) is 23.6. The van der Waals surface area contributed by atoms with E-state index < -0.39 is 6.04 Å². The molecule has 1 atom stereocenters. The monoisotopic (exact) mass is 484 g/mol. The van der Waals surface area contributed by atoms with Crippen LogP contribution in [0.15, 0.2) is 78.9 Å². The highest BCUT2D eigenvalue weighted by Gasteiger charge is 2.30. The van der Waals surface area contributed by atoms with Gasteiger partial charge in [0.25, 0.3) is 5.91 Å². The zero-order valence-corrected chi connectivity index (χ0v) is 19.9. The van der Waals surface area contributed by atoms with Crippen molar-refractivity contribution in [3.8, 4) is 5.75 Å². The topological polar surface area (TPSA) is 58.6 Å². The normalized spacial score (nSPS) is 11.5. The lowest BCUT2D eigenvalue weighted by atomic mass is 10.0. The van der Waals surface area contributed by atoms with E-state index in [1.54, 1.807) is 41.3 Å². The summed E-state index contributed by atoms with van der Waals surface area (Å²) >= 11 is 12.0. The Morgan fingerprint density at radius 1 is 0.909 bits per heavy atom. The summed E-state index contributed by atoms with van der Waals surface area (Å²) in [6.45, 7) is 2.33. The van der Waals surface area contributed by atoms with E-state index in [2.05, 4.69) is 5.32 Å². The third-order valence-electron chi connectivity index (χ3n) is 5.05. The van der Waals surface area contributed by atoms with Crippen LogP contribution in [-0.2, 0) is 22.6 Å². The highest BCUT2D eigenvalue weighted by Crippen LogP contribution is 2.19. The highest BCUT2D eigenvalue weighted by molar-refractivity contribution is 6.30. The molecule has 2 amide bonds. The SMILES string of the molecule is CCNC(=O)[C@H](Cc1ccccc1)N(Cc1ccc(Cl)cc1)C(=O)COc1cccc(Cl)c1. The van der Waals surface area contributed by atoms with E-state index >= 15 is 0 Å². The number of ether oxygens (including phenoxy) is 1. The smallest absolute Gasteiger partial charge is 0.261 e. The van der Waals surface area contributed by atoms with Crippen molar-refractivity contribution in [1.29, 1.82) is 0 Å². The van der Waals surface area contributed by atoms with Crippen molar-refractivity contribution >= 4 is 35.0 Å². The molecule has 0 bridgehead atoms.